The minimum Gasteiger partial charge on any atom is -0.377 e. The van der Waals surface area contributed by atoms with E-state index in [0.29, 0.717) is 5.41 Å². The molecule has 3 rings (SSSR count). The summed E-state index contributed by atoms with van der Waals surface area (Å²) in [5.74, 6) is 0. The Balaban J connectivity index is 1.70. The molecule has 122 valence electrons. The molecule has 1 heterocycles. The summed E-state index contributed by atoms with van der Waals surface area (Å²) in [7, 11) is 1.87. The Bertz CT molecular complexity index is 354. The molecule has 0 bridgehead atoms. The normalized spacial score (nSPS) is 36.1. The van der Waals surface area contributed by atoms with Crippen LogP contribution in [0.1, 0.15) is 71.1 Å². The maximum atomic E-state index is 6.30. The van der Waals surface area contributed by atoms with Crippen molar-refractivity contribution < 1.29 is 4.74 Å². The number of hydrogen-bond donors (Lipinski definition) is 1. The molecular formula is C18H34N2O. The second-order valence-electron chi connectivity index (χ2n) is 8.31. The van der Waals surface area contributed by atoms with E-state index in [9.17, 15) is 0 Å². The lowest BCUT2D eigenvalue weighted by Crippen LogP contribution is -2.62. The van der Waals surface area contributed by atoms with Crippen molar-refractivity contribution in [2.75, 3.05) is 26.7 Å². The van der Waals surface area contributed by atoms with Gasteiger partial charge in [0.1, 0.15) is 0 Å². The first-order valence-electron chi connectivity index (χ1n) is 9.06. The smallest absolute Gasteiger partial charge is 0.0777 e. The van der Waals surface area contributed by atoms with Crippen LogP contribution in [0.2, 0.25) is 0 Å². The largest absolute Gasteiger partial charge is 0.377 e. The molecule has 1 saturated heterocycles. The van der Waals surface area contributed by atoms with Crippen molar-refractivity contribution in [3.8, 4) is 0 Å². The predicted octanol–water partition coefficient (Wildman–Crippen LogP) is 3.32. The van der Waals surface area contributed by atoms with Gasteiger partial charge in [-0.1, -0.05) is 12.8 Å². The molecule has 1 aliphatic heterocycles. The molecule has 3 heteroatoms. The molecule has 2 saturated carbocycles. The van der Waals surface area contributed by atoms with Crippen molar-refractivity contribution in [2.45, 2.75) is 82.3 Å². The first-order valence-corrected chi connectivity index (χ1v) is 9.06. The number of rotatable bonds is 3. The van der Waals surface area contributed by atoms with Crippen LogP contribution in [0.25, 0.3) is 0 Å². The third-order valence-corrected chi connectivity index (χ3v) is 7.11. The van der Waals surface area contributed by atoms with Gasteiger partial charge in [-0.3, -0.25) is 4.90 Å². The maximum Gasteiger partial charge on any atom is 0.0777 e. The average molecular weight is 294 g/mol. The van der Waals surface area contributed by atoms with Gasteiger partial charge in [-0.15, -0.1) is 0 Å². The number of ether oxygens (including phenoxy) is 1. The molecule has 0 amide bonds. The molecule has 3 fully saturated rings. The summed E-state index contributed by atoms with van der Waals surface area (Å²) in [5, 5.41) is 0. The molecule has 3 aliphatic rings. The van der Waals surface area contributed by atoms with E-state index in [4.69, 9.17) is 10.5 Å². The quantitative estimate of drug-likeness (QED) is 0.868. The lowest BCUT2D eigenvalue weighted by Gasteiger charge is -2.54. The van der Waals surface area contributed by atoms with Crippen LogP contribution in [0, 0.1) is 5.41 Å². The number of piperidine rings is 1. The highest BCUT2D eigenvalue weighted by Crippen LogP contribution is 2.52. The standard InChI is InChI=1S/C18H34N2O/c1-16(21-2)6-5-13-20(15-16)18(14-19)11-9-17(10-12-18)7-3-4-8-17/h3-15,19H2,1-2H3. The number of nitrogens with zero attached hydrogens (tertiary/aromatic N) is 1. The molecule has 1 atom stereocenters. The summed E-state index contributed by atoms with van der Waals surface area (Å²) in [4.78, 5) is 2.70. The summed E-state index contributed by atoms with van der Waals surface area (Å²) in [6.07, 6.45) is 13.7. The van der Waals surface area contributed by atoms with E-state index in [1.165, 1.54) is 70.8 Å². The van der Waals surface area contributed by atoms with Crippen LogP contribution in [0.3, 0.4) is 0 Å². The molecule has 0 aromatic rings. The van der Waals surface area contributed by atoms with Crippen LogP contribution in [-0.2, 0) is 4.74 Å². The molecule has 0 aromatic carbocycles. The van der Waals surface area contributed by atoms with Crippen LogP contribution in [0.5, 0.6) is 0 Å². The molecule has 3 nitrogen and oxygen atoms in total. The minimum atomic E-state index is 0.0307. The minimum absolute atomic E-state index is 0.0307. The summed E-state index contributed by atoms with van der Waals surface area (Å²) >= 11 is 0. The van der Waals surface area contributed by atoms with Gasteiger partial charge in [0.2, 0.25) is 0 Å². The Labute approximate surface area is 130 Å². The van der Waals surface area contributed by atoms with Crippen LogP contribution in [-0.4, -0.2) is 42.8 Å². The predicted molar refractivity (Wildman–Crippen MR) is 87.4 cm³/mol. The van der Waals surface area contributed by atoms with Crippen LogP contribution >= 0.6 is 0 Å². The van der Waals surface area contributed by atoms with Crippen molar-refractivity contribution in [1.82, 2.24) is 4.90 Å². The summed E-state index contributed by atoms with van der Waals surface area (Å²) in [6, 6.07) is 0. The van der Waals surface area contributed by atoms with Crippen molar-refractivity contribution in [2.24, 2.45) is 11.1 Å². The fraction of sp³-hybridized carbons (Fsp3) is 1.00. The summed E-state index contributed by atoms with van der Waals surface area (Å²) in [5.41, 5.74) is 7.29. The SMILES string of the molecule is COC1(C)CCCN(C2(CN)CCC3(CCCC3)CC2)C1. The third-order valence-electron chi connectivity index (χ3n) is 7.11. The maximum absolute atomic E-state index is 6.30. The Morgan fingerprint density at radius 2 is 1.62 bits per heavy atom. The lowest BCUT2D eigenvalue weighted by molar-refractivity contribution is -0.0942. The highest BCUT2D eigenvalue weighted by atomic mass is 16.5. The van der Waals surface area contributed by atoms with Gasteiger partial charge in [-0.05, 0) is 70.3 Å². The Morgan fingerprint density at radius 3 is 2.19 bits per heavy atom. The number of methoxy groups -OCH3 is 1. The van der Waals surface area contributed by atoms with Crippen LogP contribution < -0.4 is 5.73 Å². The van der Waals surface area contributed by atoms with Gasteiger partial charge in [0.25, 0.3) is 0 Å². The Morgan fingerprint density at radius 1 is 0.952 bits per heavy atom. The molecule has 0 radical (unpaired) electrons. The zero-order valence-electron chi connectivity index (χ0n) is 14.1. The topological polar surface area (TPSA) is 38.5 Å². The third kappa shape index (κ3) is 2.89. The number of likely N-dealkylation sites (tertiary alicyclic amines) is 1. The molecular weight excluding hydrogens is 260 g/mol. The summed E-state index contributed by atoms with van der Waals surface area (Å²) in [6.45, 7) is 5.37. The first-order chi connectivity index (χ1) is 10.1. The van der Waals surface area contributed by atoms with Crippen molar-refractivity contribution in [3.05, 3.63) is 0 Å². The fourth-order valence-electron chi connectivity index (χ4n) is 5.30. The molecule has 2 aliphatic carbocycles. The van der Waals surface area contributed by atoms with Gasteiger partial charge in [-0.25, -0.2) is 0 Å². The zero-order chi connectivity index (χ0) is 15.0. The van der Waals surface area contributed by atoms with E-state index in [1.807, 2.05) is 7.11 Å². The second-order valence-corrected chi connectivity index (χ2v) is 8.31. The van der Waals surface area contributed by atoms with E-state index in [2.05, 4.69) is 11.8 Å². The van der Waals surface area contributed by atoms with E-state index < -0.39 is 0 Å². The molecule has 2 N–H and O–H groups in total. The van der Waals surface area contributed by atoms with E-state index in [-0.39, 0.29) is 11.1 Å². The monoisotopic (exact) mass is 294 g/mol. The lowest BCUT2D eigenvalue weighted by atomic mass is 9.65. The van der Waals surface area contributed by atoms with E-state index in [1.54, 1.807) is 0 Å². The fourth-order valence-corrected chi connectivity index (χ4v) is 5.30. The molecule has 1 spiro atoms. The number of nitrogens with two attached hydrogens (primary N) is 1. The van der Waals surface area contributed by atoms with E-state index >= 15 is 0 Å². The van der Waals surface area contributed by atoms with Gasteiger partial charge in [0.05, 0.1) is 5.60 Å². The van der Waals surface area contributed by atoms with Gasteiger partial charge in [-0.2, -0.15) is 0 Å². The van der Waals surface area contributed by atoms with Gasteiger partial charge in [0.15, 0.2) is 0 Å². The average Bonchev–Trinajstić information content (AvgIpc) is 2.97. The van der Waals surface area contributed by atoms with Crippen LogP contribution in [0.4, 0.5) is 0 Å². The Hall–Kier alpha value is -0.120. The second kappa shape index (κ2) is 5.82. The molecule has 0 aromatic heterocycles. The summed E-state index contributed by atoms with van der Waals surface area (Å²) < 4.78 is 5.80. The molecule has 21 heavy (non-hydrogen) atoms. The number of hydrogen-bond acceptors (Lipinski definition) is 3. The van der Waals surface area contributed by atoms with Gasteiger partial charge >= 0.3 is 0 Å². The van der Waals surface area contributed by atoms with Crippen molar-refractivity contribution >= 4 is 0 Å². The molecule has 1 unspecified atom stereocenters. The first kappa shape index (κ1) is 15.8. The van der Waals surface area contributed by atoms with E-state index in [0.717, 1.165) is 13.1 Å². The van der Waals surface area contributed by atoms with Crippen LogP contribution in [0.15, 0.2) is 0 Å². The van der Waals surface area contributed by atoms with Gasteiger partial charge in [0, 0.05) is 25.7 Å². The highest BCUT2D eigenvalue weighted by molar-refractivity contribution is 5.03. The van der Waals surface area contributed by atoms with Crippen molar-refractivity contribution in [3.63, 3.8) is 0 Å². The highest BCUT2D eigenvalue weighted by Gasteiger charge is 2.48. The van der Waals surface area contributed by atoms with Crippen molar-refractivity contribution in [1.29, 1.82) is 0 Å². The van der Waals surface area contributed by atoms with Gasteiger partial charge < -0.3 is 10.5 Å². The Kier molecular flexibility index (Phi) is 4.37. The zero-order valence-corrected chi connectivity index (χ0v) is 14.1.